The van der Waals surface area contributed by atoms with Crippen LogP contribution < -0.4 is 5.32 Å². The molecule has 3 heteroatoms. The summed E-state index contributed by atoms with van der Waals surface area (Å²) < 4.78 is 0. The summed E-state index contributed by atoms with van der Waals surface area (Å²) in [7, 11) is 2.25. The molecule has 1 rings (SSSR count). The topological polar surface area (TPSA) is 18.5 Å². The number of rotatable bonds is 5. The van der Waals surface area contributed by atoms with E-state index < -0.39 is 0 Å². The van der Waals surface area contributed by atoms with Crippen LogP contribution in [0.15, 0.2) is 0 Å². The fourth-order valence-electron chi connectivity index (χ4n) is 2.68. The van der Waals surface area contributed by atoms with Gasteiger partial charge in [0.15, 0.2) is 0 Å². The first-order valence-corrected chi connectivity index (χ1v) is 6.84. The molecule has 0 aliphatic carbocycles. The van der Waals surface area contributed by atoms with E-state index in [2.05, 4.69) is 42.9 Å². The van der Waals surface area contributed by atoms with E-state index in [1.54, 1.807) is 0 Å². The van der Waals surface area contributed by atoms with Crippen molar-refractivity contribution in [1.82, 2.24) is 15.1 Å². The average Bonchev–Trinajstić information content (AvgIpc) is 2.47. The van der Waals surface area contributed by atoms with Crippen molar-refractivity contribution < 1.29 is 0 Å². The third-order valence-electron chi connectivity index (χ3n) is 3.67. The number of likely N-dealkylation sites (N-methyl/N-ethyl adjacent to an activating group) is 2. The molecule has 1 saturated heterocycles. The van der Waals surface area contributed by atoms with E-state index in [9.17, 15) is 0 Å². The summed E-state index contributed by atoms with van der Waals surface area (Å²) in [5.41, 5.74) is 0. The van der Waals surface area contributed by atoms with Crippen LogP contribution >= 0.6 is 0 Å². The van der Waals surface area contributed by atoms with E-state index in [-0.39, 0.29) is 0 Å². The molecule has 0 aromatic carbocycles. The molecule has 1 heterocycles. The van der Waals surface area contributed by atoms with Gasteiger partial charge in [0.2, 0.25) is 0 Å². The maximum atomic E-state index is 3.47. The zero-order valence-electron chi connectivity index (χ0n) is 11.5. The third kappa shape index (κ3) is 4.04. The van der Waals surface area contributed by atoms with Crippen LogP contribution in [0.5, 0.6) is 0 Å². The van der Waals surface area contributed by atoms with E-state index in [0.29, 0.717) is 6.04 Å². The van der Waals surface area contributed by atoms with E-state index in [0.717, 1.165) is 19.1 Å². The predicted octanol–water partition coefficient (Wildman–Crippen LogP) is 1.40. The van der Waals surface area contributed by atoms with Crippen molar-refractivity contribution in [3.63, 3.8) is 0 Å². The molecule has 0 aromatic heterocycles. The Balaban J connectivity index is 2.52. The van der Waals surface area contributed by atoms with Gasteiger partial charge >= 0.3 is 0 Å². The predicted molar refractivity (Wildman–Crippen MR) is 70.9 cm³/mol. The lowest BCUT2D eigenvalue weighted by molar-refractivity contribution is 0.135. The number of hydrogen-bond donors (Lipinski definition) is 1. The molecule has 1 fully saturated rings. The lowest BCUT2D eigenvalue weighted by atomic mass is 10.1. The Labute approximate surface area is 101 Å². The summed E-state index contributed by atoms with van der Waals surface area (Å²) in [6, 6.07) is 1.40. The number of nitrogens with one attached hydrogen (secondary N) is 1. The van der Waals surface area contributed by atoms with Crippen LogP contribution in [0.1, 0.15) is 33.6 Å². The highest BCUT2D eigenvalue weighted by Gasteiger charge is 2.25. The van der Waals surface area contributed by atoms with Crippen LogP contribution in [0.2, 0.25) is 0 Å². The summed E-state index contributed by atoms with van der Waals surface area (Å²) in [6.45, 7) is 12.8. The van der Waals surface area contributed by atoms with Gasteiger partial charge in [-0.25, -0.2) is 0 Å². The zero-order chi connectivity index (χ0) is 12.0. The largest absolute Gasteiger partial charge is 0.315 e. The van der Waals surface area contributed by atoms with E-state index in [1.807, 2.05) is 0 Å². The second kappa shape index (κ2) is 7.25. The lowest BCUT2D eigenvalue weighted by Crippen LogP contribution is -2.48. The monoisotopic (exact) mass is 227 g/mol. The van der Waals surface area contributed by atoms with Crippen molar-refractivity contribution in [2.24, 2.45) is 0 Å². The molecular weight excluding hydrogens is 198 g/mol. The van der Waals surface area contributed by atoms with Crippen LogP contribution in [-0.4, -0.2) is 61.7 Å². The van der Waals surface area contributed by atoms with Crippen molar-refractivity contribution in [2.75, 3.05) is 39.8 Å². The molecule has 96 valence electrons. The Hall–Kier alpha value is -0.120. The summed E-state index contributed by atoms with van der Waals surface area (Å²) in [6.07, 6.45) is 2.57. The van der Waals surface area contributed by atoms with Crippen LogP contribution in [-0.2, 0) is 0 Å². The molecule has 2 atom stereocenters. The van der Waals surface area contributed by atoms with Gasteiger partial charge in [0, 0.05) is 31.7 Å². The maximum absolute atomic E-state index is 3.47. The molecule has 0 spiro atoms. The molecule has 0 saturated carbocycles. The van der Waals surface area contributed by atoms with E-state index in [4.69, 9.17) is 0 Å². The SMILES string of the molecule is CCNCC(C)N1CCCN(C)CC1CC. The van der Waals surface area contributed by atoms with E-state index in [1.165, 1.54) is 32.5 Å². The van der Waals surface area contributed by atoms with Gasteiger partial charge in [-0.3, -0.25) is 4.90 Å². The van der Waals surface area contributed by atoms with Gasteiger partial charge in [-0.15, -0.1) is 0 Å². The molecule has 1 aliphatic heterocycles. The Morgan fingerprint density at radius 3 is 2.69 bits per heavy atom. The molecule has 0 radical (unpaired) electrons. The fourth-order valence-corrected chi connectivity index (χ4v) is 2.68. The second-order valence-electron chi connectivity index (χ2n) is 5.07. The van der Waals surface area contributed by atoms with Gasteiger partial charge in [0.1, 0.15) is 0 Å². The third-order valence-corrected chi connectivity index (χ3v) is 3.67. The Bertz CT molecular complexity index is 184. The van der Waals surface area contributed by atoms with Gasteiger partial charge in [-0.1, -0.05) is 13.8 Å². The highest BCUT2D eigenvalue weighted by atomic mass is 15.3. The van der Waals surface area contributed by atoms with Crippen LogP contribution in [0.4, 0.5) is 0 Å². The average molecular weight is 227 g/mol. The highest BCUT2D eigenvalue weighted by Crippen LogP contribution is 2.14. The van der Waals surface area contributed by atoms with Crippen molar-refractivity contribution >= 4 is 0 Å². The summed E-state index contributed by atoms with van der Waals surface area (Å²) in [5, 5.41) is 3.47. The normalized spacial score (nSPS) is 26.6. The van der Waals surface area contributed by atoms with Crippen LogP contribution in [0.3, 0.4) is 0 Å². The summed E-state index contributed by atoms with van der Waals surface area (Å²) >= 11 is 0. The van der Waals surface area contributed by atoms with Gasteiger partial charge in [-0.05, 0) is 39.9 Å². The molecule has 0 bridgehead atoms. The smallest absolute Gasteiger partial charge is 0.0223 e. The van der Waals surface area contributed by atoms with E-state index >= 15 is 0 Å². The molecular formula is C13H29N3. The maximum Gasteiger partial charge on any atom is 0.0223 e. The first-order valence-electron chi connectivity index (χ1n) is 6.84. The quantitative estimate of drug-likeness (QED) is 0.766. The highest BCUT2D eigenvalue weighted by molar-refractivity contribution is 4.82. The molecule has 2 unspecified atom stereocenters. The lowest BCUT2D eigenvalue weighted by Gasteiger charge is -2.35. The number of hydrogen-bond acceptors (Lipinski definition) is 3. The van der Waals surface area contributed by atoms with Crippen LogP contribution in [0.25, 0.3) is 0 Å². The molecule has 16 heavy (non-hydrogen) atoms. The van der Waals surface area contributed by atoms with Gasteiger partial charge in [0.05, 0.1) is 0 Å². The van der Waals surface area contributed by atoms with Gasteiger partial charge in [-0.2, -0.15) is 0 Å². The van der Waals surface area contributed by atoms with Crippen molar-refractivity contribution in [1.29, 1.82) is 0 Å². The molecule has 1 aliphatic rings. The van der Waals surface area contributed by atoms with Crippen LogP contribution in [0, 0.1) is 0 Å². The Morgan fingerprint density at radius 1 is 1.31 bits per heavy atom. The molecule has 0 aromatic rings. The molecule has 0 amide bonds. The first-order chi connectivity index (χ1) is 7.69. The fraction of sp³-hybridized carbons (Fsp3) is 1.00. The Kier molecular flexibility index (Phi) is 6.32. The first kappa shape index (κ1) is 13.9. The van der Waals surface area contributed by atoms with Crippen molar-refractivity contribution in [3.05, 3.63) is 0 Å². The number of nitrogens with zero attached hydrogens (tertiary/aromatic N) is 2. The van der Waals surface area contributed by atoms with Gasteiger partial charge in [0.25, 0.3) is 0 Å². The minimum Gasteiger partial charge on any atom is -0.315 e. The summed E-state index contributed by atoms with van der Waals surface area (Å²) in [5.74, 6) is 0. The zero-order valence-corrected chi connectivity index (χ0v) is 11.5. The standard InChI is InChI=1S/C13H29N3/c1-5-13-11-15(4)8-7-9-16(13)12(3)10-14-6-2/h12-14H,5-11H2,1-4H3. The van der Waals surface area contributed by atoms with Crippen molar-refractivity contribution in [3.8, 4) is 0 Å². The van der Waals surface area contributed by atoms with Crippen molar-refractivity contribution in [2.45, 2.75) is 45.7 Å². The van der Waals surface area contributed by atoms with Gasteiger partial charge < -0.3 is 10.2 Å². The molecule has 3 nitrogen and oxygen atoms in total. The molecule has 1 N–H and O–H groups in total. The Morgan fingerprint density at radius 2 is 2.06 bits per heavy atom. The minimum atomic E-state index is 0.663. The summed E-state index contributed by atoms with van der Waals surface area (Å²) in [4.78, 5) is 5.18. The second-order valence-corrected chi connectivity index (χ2v) is 5.07. The minimum absolute atomic E-state index is 0.663.